The normalized spacial score (nSPS) is 28.0. The molecule has 2 fully saturated rings. The molecule has 27 heavy (non-hydrogen) atoms. The fourth-order valence-corrected chi connectivity index (χ4v) is 5.37. The van der Waals surface area contributed by atoms with E-state index in [4.69, 9.17) is 0 Å². The molecule has 0 aromatic heterocycles. The van der Waals surface area contributed by atoms with Crippen LogP contribution in [0.25, 0.3) is 11.1 Å². The number of carbonyl (C=O) groups is 2. The number of thioether (sulfide) groups is 1. The maximum atomic E-state index is 11.9. The van der Waals surface area contributed by atoms with Crippen LogP contribution < -0.4 is 5.32 Å². The first-order chi connectivity index (χ1) is 13.1. The molecule has 140 valence electrons. The zero-order chi connectivity index (χ0) is 18.8. The molecular formula is C22H23NO3S. The Morgan fingerprint density at radius 2 is 1.52 bits per heavy atom. The van der Waals surface area contributed by atoms with Gasteiger partial charge in [-0.2, -0.15) is 0 Å². The van der Waals surface area contributed by atoms with E-state index in [0.717, 1.165) is 43.1 Å². The van der Waals surface area contributed by atoms with Crippen LogP contribution in [0.2, 0.25) is 0 Å². The van der Waals surface area contributed by atoms with Crippen molar-refractivity contribution in [3.8, 4) is 11.1 Å². The Kier molecular flexibility index (Phi) is 5.32. The topological polar surface area (TPSA) is 66.4 Å². The van der Waals surface area contributed by atoms with Crippen LogP contribution in [0.5, 0.6) is 0 Å². The molecule has 2 aliphatic rings. The summed E-state index contributed by atoms with van der Waals surface area (Å²) < 4.78 is 0. The van der Waals surface area contributed by atoms with Gasteiger partial charge < -0.3 is 10.4 Å². The smallest absolute Gasteiger partial charge is 0.236 e. The summed E-state index contributed by atoms with van der Waals surface area (Å²) in [5.74, 6) is 0.882. The summed E-state index contributed by atoms with van der Waals surface area (Å²) in [5, 5.41) is 12.1. The summed E-state index contributed by atoms with van der Waals surface area (Å²) in [5.41, 5.74) is 3.56. The third kappa shape index (κ3) is 3.94. The van der Waals surface area contributed by atoms with Gasteiger partial charge >= 0.3 is 0 Å². The molecule has 1 heterocycles. The Morgan fingerprint density at radius 1 is 0.926 bits per heavy atom. The third-order valence-electron chi connectivity index (χ3n) is 5.76. The van der Waals surface area contributed by atoms with E-state index in [0.29, 0.717) is 17.4 Å². The van der Waals surface area contributed by atoms with E-state index in [1.807, 2.05) is 24.3 Å². The standard InChI is InChI=1S/C22H23NO3S/c24-13-14-1-3-15(4-2-14)16-5-7-17(8-6-16)18-9-11-19(12-10-18)20-21(25)23-22(26)27-20/h1-8,13,18-20,22,26H,9-12H2,(H,23,25). The number of aldehydes is 1. The number of aliphatic hydroxyl groups is 1. The monoisotopic (exact) mass is 381 g/mol. The number of amides is 1. The molecule has 1 aliphatic heterocycles. The molecule has 1 saturated carbocycles. The summed E-state index contributed by atoms with van der Waals surface area (Å²) >= 11 is 1.35. The zero-order valence-corrected chi connectivity index (χ0v) is 15.8. The number of benzene rings is 2. The number of aliphatic hydroxyl groups excluding tert-OH is 1. The van der Waals surface area contributed by atoms with E-state index >= 15 is 0 Å². The van der Waals surface area contributed by atoms with Crippen LogP contribution in [0, 0.1) is 5.92 Å². The van der Waals surface area contributed by atoms with Gasteiger partial charge in [-0.25, -0.2) is 0 Å². The SMILES string of the molecule is O=Cc1ccc(-c2ccc(C3CCC(C4SC(O)NC4=O)CC3)cc2)cc1. The quantitative estimate of drug-likeness (QED) is 0.787. The van der Waals surface area contributed by atoms with Gasteiger partial charge in [-0.1, -0.05) is 60.3 Å². The van der Waals surface area contributed by atoms with E-state index in [1.165, 1.54) is 17.3 Å². The van der Waals surface area contributed by atoms with Crippen molar-refractivity contribution < 1.29 is 14.7 Å². The highest BCUT2D eigenvalue weighted by molar-refractivity contribution is 8.01. The molecule has 2 atom stereocenters. The van der Waals surface area contributed by atoms with Crippen LogP contribution in [-0.2, 0) is 4.79 Å². The lowest BCUT2D eigenvalue weighted by Gasteiger charge is -2.31. The second-order valence-electron chi connectivity index (χ2n) is 7.39. The predicted molar refractivity (Wildman–Crippen MR) is 107 cm³/mol. The average molecular weight is 381 g/mol. The molecule has 4 rings (SSSR count). The van der Waals surface area contributed by atoms with Gasteiger partial charge in [0.1, 0.15) is 6.29 Å². The van der Waals surface area contributed by atoms with Crippen LogP contribution >= 0.6 is 11.8 Å². The van der Waals surface area contributed by atoms with Gasteiger partial charge in [-0.3, -0.25) is 9.59 Å². The maximum Gasteiger partial charge on any atom is 0.236 e. The Balaban J connectivity index is 1.38. The zero-order valence-electron chi connectivity index (χ0n) is 15.0. The van der Waals surface area contributed by atoms with E-state index in [9.17, 15) is 14.7 Å². The van der Waals surface area contributed by atoms with Crippen molar-refractivity contribution in [2.75, 3.05) is 0 Å². The third-order valence-corrected chi connectivity index (χ3v) is 7.03. The summed E-state index contributed by atoms with van der Waals surface area (Å²) in [6.45, 7) is 0. The summed E-state index contributed by atoms with van der Waals surface area (Å²) in [6.07, 6.45) is 5.07. The Hall–Kier alpha value is -2.11. The van der Waals surface area contributed by atoms with E-state index in [2.05, 4.69) is 29.6 Å². The van der Waals surface area contributed by atoms with Crippen LogP contribution in [-0.4, -0.2) is 28.1 Å². The molecular weight excluding hydrogens is 358 g/mol. The molecule has 0 radical (unpaired) electrons. The number of carbonyl (C=O) groups excluding carboxylic acids is 2. The van der Waals surface area contributed by atoms with E-state index in [-0.39, 0.29) is 11.2 Å². The lowest BCUT2D eigenvalue weighted by atomic mass is 9.77. The molecule has 0 spiro atoms. The summed E-state index contributed by atoms with van der Waals surface area (Å²) in [4.78, 5) is 22.7. The highest BCUT2D eigenvalue weighted by Crippen LogP contribution is 2.42. The van der Waals surface area contributed by atoms with Crippen molar-refractivity contribution in [1.82, 2.24) is 5.32 Å². The van der Waals surface area contributed by atoms with Gasteiger partial charge in [-0.05, 0) is 54.2 Å². The van der Waals surface area contributed by atoms with Crippen molar-refractivity contribution in [2.24, 2.45) is 5.92 Å². The Morgan fingerprint density at radius 3 is 2.04 bits per heavy atom. The van der Waals surface area contributed by atoms with Crippen molar-refractivity contribution in [2.45, 2.75) is 42.4 Å². The van der Waals surface area contributed by atoms with Gasteiger partial charge in [0, 0.05) is 5.56 Å². The lowest BCUT2D eigenvalue weighted by molar-refractivity contribution is -0.122. The maximum absolute atomic E-state index is 11.9. The van der Waals surface area contributed by atoms with Gasteiger partial charge in [0.05, 0.1) is 5.25 Å². The largest absolute Gasteiger partial charge is 0.365 e. The number of hydrogen-bond acceptors (Lipinski definition) is 4. The summed E-state index contributed by atoms with van der Waals surface area (Å²) in [7, 11) is 0. The molecule has 2 unspecified atom stereocenters. The Labute approximate surface area is 163 Å². The molecule has 1 amide bonds. The van der Waals surface area contributed by atoms with Crippen LogP contribution in [0.4, 0.5) is 0 Å². The lowest BCUT2D eigenvalue weighted by Crippen LogP contribution is -2.32. The minimum absolute atomic E-state index is 0.0131. The molecule has 2 aromatic carbocycles. The molecule has 4 nitrogen and oxygen atoms in total. The van der Waals surface area contributed by atoms with Crippen molar-refractivity contribution in [3.63, 3.8) is 0 Å². The molecule has 0 bridgehead atoms. The number of rotatable bonds is 4. The highest BCUT2D eigenvalue weighted by Gasteiger charge is 2.39. The van der Waals surface area contributed by atoms with Crippen molar-refractivity contribution >= 4 is 24.0 Å². The fraction of sp³-hybridized carbons (Fsp3) is 0.364. The number of nitrogens with one attached hydrogen (secondary N) is 1. The van der Waals surface area contributed by atoms with Gasteiger partial charge in [0.2, 0.25) is 5.91 Å². The minimum Gasteiger partial charge on any atom is -0.365 e. The molecule has 1 saturated heterocycles. The first-order valence-electron chi connectivity index (χ1n) is 9.43. The fourth-order valence-electron chi connectivity index (χ4n) is 4.22. The van der Waals surface area contributed by atoms with E-state index in [1.54, 1.807) is 0 Å². The highest BCUT2D eigenvalue weighted by atomic mass is 32.2. The van der Waals surface area contributed by atoms with Crippen LogP contribution in [0.1, 0.15) is 47.5 Å². The minimum atomic E-state index is -0.742. The van der Waals surface area contributed by atoms with Crippen LogP contribution in [0.15, 0.2) is 48.5 Å². The second-order valence-corrected chi connectivity index (χ2v) is 8.62. The average Bonchev–Trinajstić information content (AvgIpc) is 3.06. The molecule has 1 aliphatic carbocycles. The van der Waals surface area contributed by atoms with Gasteiger partial charge in [0.15, 0.2) is 5.56 Å². The predicted octanol–water partition coefficient (Wildman–Crippen LogP) is 3.95. The Bertz CT molecular complexity index is 810. The van der Waals surface area contributed by atoms with Crippen molar-refractivity contribution in [1.29, 1.82) is 0 Å². The molecule has 5 heteroatoms. The molecule has 2 N–H and O–H groups in total. The first kappa shape index (κ1) is 18.3. The molecule has 2 aromatic rings. The number of hydrogen-bond donors (Lipinski definition) is 2. The van der Waals surface area contributed by atoms with Gasteiger partial charge in [-0.15, -0.1) is 0 Å². The second kappa shape index (κ2) is 7.87. The van der Waals surface area contributed by atoms with Gasteiger partial charge in [0.25, 0.3) is 0 Å². The first-order valence-corrected chi connectivity index (χ1v) is 10.4. The van der Waals surface area contributed by atoms with Crippen molar-refractivity contribution in [3.05, 3.63) is 59.7 Å². The van der Waals surface area contributed by atoms with Crippen LogP contribution in [0.3, 0.4) is 0 Å². The van der Waals surface area contributed by atoms with E-state index < -0.39 is 5.56 Å². The summed E-state index contributed by atoms with van der Waals surface area (Å²) in [6, 6.07) is 16.3.